The van der Waals surface area contributed by atoms with E-state index in [1.54, 1.807) is 6.07 Å². The normalized spacial score (nSPS) is 10.8. The van der Waals surface area contributed by atoms with Crippen LogP contribution in [0, 0.1) is 0 Å². The average Bonchev–Trinajstić information content (AvgIpc) is 2.93. The Hall–Kier alpha value is -1.75. The summed E-state index contributed by atoms with van der Waals surface area (Å²) in [6.07, 6.45) is 2.11. The molecule has 0 aliphatic rings. The van der Waals surface area contributed by atoms with Gasteiger partial charge in [-0.1, -0.05) is 42.6 Å². The summed E-state index contributed by atoms with van der Waals surface area (Å²) in [6, 6.07) is 12.7. The van der Waals surface area contributed by atoms with Gasteiger partial charge in [0.2, 0.25) is 0 Å². The fourth-order valence-corrected chi connectivity index (χ4v) is 4.03. The Bertz CT molecular complexity index is 890. The molecule has 0 aliphatic heterocycles. The minimum Gasteiger partial charge on any atom is -0.494 e. The lowest BCUT2D eigenvalue weighted by atomic mass is 10.2. The average molecular weight is 394 g/mol. The lowest BCUT2D eigenvalue weighted by molar-refractivity contribution is 0.103. The van der Waals surface area contributed by atoms with E-state index in [2.05, 4.69) is 12.2 Å². The molecule has 25 heavy (non-hydrogen) atoms. The summed E-state index contributed by atoms with van der Waals surface area (Å²) in [5.74, 6) is 0.558. The molecule has 2 aromatic carbocycles. The molecule has 0 unspecified atom stereocenters. The number of anilines is 1. The molecule has 6 heteroatoms. The quantitative estimate of drug-likeness (QED) is 0.476. The van der Waals surface area contributed by atoms with Crippen LogP contribution in [0.25, 0.3) is 10.1 Å². The number of benzene rings is 2. The minimum absolute atomic E-state index is 0.234. The predicted molar refractivity (Wildman–Crippen MR) is 107 cm³/mol. The fraction of sp³-hybridized carbons (Fsp3) is 0.211. The summed E-state index contributed by atoms with van der Waals surface area (Å²) in [5.41, 5.74) is 0.694. The first-order valence-electron chi connectivity index (χ1n) is 8.00. The first kappa shape index (κ1) is 18.1. The van der Waals surface area contributed by atoms with Crippen molar-refractivity contribution in [2.45, 2.75) is 19.8 Å². The van der Waals surface area contributed by atoms with Gasteiger partial charge in [0.05, 0.1) is 11.6 Å². The van der Waals surface area contributed by atoms with Crippen molar-refractivity contribution in [3.63, 3.8) is 0 Å². The zero-order chi connectivity index (χ0) is 17.8. The Balaban J connectivity index is 1.73. The van der Waals surface area contributed by atoms with Gasteiger partial charge in [-0.05, 0) is 42.8 Å². The smallest absolute Gasteiger partial charge is 0.267 e. The number of amides is 1. The van der Waals surface area contributed by atoms with Gasteiger partial charge in [-0.2, -0.15) is 0 Å². The van der Waals surface area contributed by atoms with E-state index < -0.39 is 0 Å². The van der Waals surface area contributed by atoms with Crippen molar-refractivity contribution in [1.82, 2.24) is 0 Å². The van der Waals surface area contributed by atoms with Crippen LogP contribution in [0.1, 0.15) is 29.4 Å². The van der Waals surface area contributed by atoms with Crippen molar-refractivity contribution in [2.24, 2.45) is 0 Å². The summed E-state index contributed by atoms with van der Waals surface area (Å²) < 4.78 is 6.51. The van der Waals surface area contributed by atoms with Crippen molar-refractivity contribution in [2.75, 3.05) is 11.9 Å². The van der Waals surface area contributed by atoms with Gasteiger partial charge in [-0.3, -0.25) is 4.79 Å². The maximum atomic E-state index is 12.5. The van der Waals surface area contributed by atoms with Gasteiger partial charge in [-0.25, -0.2) is 0 Å². The molecule has 1 amide bonds. The number of halogens is 2. The summed E-state index contributed by atoms with van der Waals surface area (Å²) in [4.78, 5) is 13.0. The first-order valence-corrected chi connectivity index (χ1v) is 9.57. The topological polar surface area (TPSA) is 38.3 Å². The number of fused-ring (bicyclic) bond motifs is 1. The van der Waals surface area contributed by atoms with Crippen LogP contribution in [0.5, 0.6) is 5.75 Å². The number of carbonyl (C=O) groups is 1. The van der Waals surface area contributed by atoms with E-state index in [0.29, 0.717) is 27.2 Å². The number of carbonyl (C=O) groups excluding carboxylic acids is 1. The van der Waals surface area contributed by atoms with Crippen molar-refractivity contribution in [3.05, 3.63) is 57.4 Å². The van der Waals surface area contributed by atoms with Crippen LogP contribution in [0.15, 0.2) is 42.5 Å². The highest BCUT2D eigenvalue weighted by Crippen LogP contribution is 2.37. The van der Waals surface area contributed by atoms with Crippen LogP contribution in [0.4, 0.5) is 5.69 Å². The van der Waals surface area contributed by atoms with Crippen LogP contribution in [-0.4, -0.2) is 12.5 Å². The zero-order valence-corrected chi connectivity index (χ0v) is 16.0. The third-order valence-electron chi connectivity index (χ3n) is 3.68. The second-order valence-electron chi connectivity index (χ2n) is 5.57. The molecule has 0 saturated carbocycles. The molecule has 1 aromatic heterocycles. The highest BCUT2D eigenvalue weighted by Gasteiger charge is 2.17. The Morgan fingerprint density at radius 3 is 2.64 bits per heavy atom. The first-order chi connectivity index (χ1) is 12.1. The van der Waals surface area contributed by atoms with E-state index in [1.807, 2.05) is 36.4 Å². The number of hydrogen-bond donors (Lipinski definition) is 1. The molecule has 0 fully saturated rings. The number of ether oxygens (including phenoxy) is 1. The van der Waals surface area contributed by atoms with Crippen LogP contribution in [-0.2, 0) is 0 Å². The Labute approximate surface area is 160 Å². The summed E-state index contributed by atoms with van der Waals surface area (Å²) in [5, 5.41) is 4.78. The van der Waals surface area contributed by atoms with E-state index in [-0.39, 0.29) is 5.91 Å². The lowest BCUT2D eigenvalue weighted by Gasteiger charge is -2.07. The largest absolute Gasteiger partial charge is 0.494 e. The SMILES string of the molecule is CCCCOc1ccc(NC(=O)c2sc3cc(Cl)ccc3c2Cl)cc1. The fourth-order valence-electron chi connectivity index (χ4n) is 2.34. The summed E-state index contributed by atoms with van der Waals surface area (Å²) in [6.45, 7) is 2.82. The second-order valence-corrected chi connectivity index (χ2v) is 7.43. The van der Waals surface area contributed by atoms with Crippen molar-refractivity contribution >= 4 is 56.2 Å². The van der Waals surface area contributed by atoms with E-state index in [4.69, 9.17) is 27.9 Å². The molecule has 1 N–H and O–H groups in total. The number of unbranched alkanes of at least 4 members (excludes halogenated alkanes) is 1. The second kappa shape index (κ2) is 8.09. The van der Waals surface area contributed by atoms with Crippen LogP contribution in [0.2, 0.25) is 10.0 Å². The van der Waals surface area contributed by atoms with Gasteiger partial charge in [0.15, 0.2) is 0 Å². The van der Waals surface area contributed by atoms with E-state index in [0.717, 1.165) is 28.7 Å². The molecule has 3 nitrogen and oxygen atoms in total. The number of rotatable bonds is 6. The Morgan fingerprint density at radius 1 is 1.16 bits per heavy atom. The maximum Gasteiger partial charge on any atom is 0.267 e. The Morgan fingerprint density at radius 2 is 1.92 bits per heavy atom. The molecule has 0 saturated heterocycles. The third kappa shape index (κ3) is 4.27. The number of nitrogens with one attached hydrogen (secondary N) is 1. The molecule has 130 valence electrons. The lowest BCUT2D eigenvalue weighted by Crippen LogP contribution is -2.10. The predicted octanol–water partition coefficient (Wildman–Crippen LogP) is 6.64. The van der Waals surface area contributed by atoms with Crippen molar-refractivity contribution in [1.29, 1.82) is 0 Å². The van der Waals surface area contributed by atoms with E-state index >= 15 is 0 Å². The molecular formula is C19H17Cl2NO2S. The van der Waals surface area contributed by atoms with Crippen LogP contribution in [0.3, 0.4) is 0 Å². The van der Waals surface area contributed by atoms with Gasteiger partial charge in [0, 0.05) is 20.8 Å². The molecule has 0 spiro atoms. The molecule has 1 heterocycles. The van der Waals surface area contributed by atoms with Crippen molar-refractivity contribution in [3.8, 4) is 5.75 Å². The Kier molecular flexibility index (Phi) is 5.84. The van der Waals surface area contributed by atoms with E-state index in [1.165, 1.54) is 11.3 Å². The standard InChI is InChI=1S/C19H17Cl2NO2S/c1-2-3-10-24-14-7-5-13(6-8-14)22-19(23)18-17(21)15-9-4-12(20)11-16(15)25-18/h4-9,11H,2-3,10H2,1H3,(H,22,23). The van der Waals surface area contributed by atoms with Crippen LogP contribution >= 0.6 is 34.5 Å². The summed E-state index contributed by atoms with van der Waals surface area (Å²) >= 11 is 13.7. The third-order valence-corrected chi connectivity index (χ3v) is 5.57. The summed E-state index contributed by atoms with van der Waals surface area (Å²) in [7, 11) is 0. The molecule has 0 bridgehead atoms. The molecule has 3 rings (SSSR count). The molecule has 0 atom stereocenters. The molecule has 3 aromatic rings. The van der Waals surface area contributed by atoms with Gasteiger partial charge in [0.25, 0.3) is 5.91 Å². The van der Waals surface area contributed by atoms with Gasteiger partial charge in [0.1, 0.15) is 10.6 Å². The highest BCUT2D eigenvalue weighted by molar-refractivity contribution is 7.21. The molecule has 0 aliphatic carbocycles. The number of hydrogen-bond acceptors (Lipinski definition) is 3. The highest BCUT2D eigenvalue weighted by atomic mass is 35.5. The molecule has 0 radical (unpaired) electrons. The molecular weight excluding hydrogens is 377 g/mol. The van der Waals surface area contributed by atoms with Gasteiger partial charge < -0.3 is 10.1 Å². The van der Waals surface area contributed by atoms with E-state index in [9.17, 15) is 4.79 Å². The van der Waals surface area contributed by atoms with Gasteiger partial charge >= 0.3 is 0 Å². The zero-order valence-electron chi connectivity index (χ0n) is 13.6. The minimum atomic E-state index is -0.234. The van der Waals surface area contributed by atoms with Gasteiger partial charge in [-0.15, -0.1) is 11.3 Å². The maximum absolute atomic E-state index is 12.5. The van der Waals surface area contributed by atoms with Crippen molar-refractivity contribution < 1.29 is 9.53 Å². The number of thiophene rings is 1. The monoisotopic (exact) mass is 393 g/mol. The van der Waals surface area contributed by atoms with Crippen LogP contribution < -0.4 is 10.1 Å².